The highest BCUT2D eigenvalue weighted by molar-refractivity contribution is 6.00. The Hall–Kier alpha value is -3.86. The van der Waals surface area contributed by atoms with E-state index in [2.05, 4.69) is 40.4 Å². The van der Waals surface area contributed by atoms with E-state index in [1.165, 1.54) is 22.2 Å². The number of amides is 1. The molecule has 1 atom stereocenters. The maximum absolute atomic E-state index is 13.1. The van der Waals surface area contributed by atoms with Gasteiger partial charge in [0.1, 0.15) is 0 Å². The maximum atomic E-state index is 13.1. The van der Waals surface area contributed by atoms with Gasteiger partial charge in [-0.2, -0.15) is 0 Å². The lowest BCUT2D eigenvalue weighted by Gasteiger charge is -2.24. The van der Waals surface area contributed by atoms with Crippen molar-refractivity contribution in [3.05, 3.63) is 93.3 Å². The topological polar surface area (TPSA) is 77.8 Å². The molecule has 158 valence electrons. The summed E-state index contributed by atoms with van der Waals surface area (Å²) in [6.07, 6.45) is 2.62. The minimum absolute atomic E-state index is 0.0551. The van der Waals surface area contributed by atoms with Crippen LogP contribution in [0, 0.1) is 6.92 Å². The molecule has 5 nitrogen and oxygen atoms in total. The smallest absolute Gasteiger partial charge is 0.251 e. The highest BCUT2D eigenvalue weighted by atomic mass is 16.1. The molecule has 1 unspecified atom stereocenters. The first-order chi connectivity index (χ1) is 15.6. The minimum atomic E-state index is -0.135. The number of carbonyl (C=O) groups excluding carboxylic acids is 1. The molecule has 6 rings (SSSR count). The molecule has 0 aliphatic heterocycles. The predicted molar refractivity (Wildman–Crippen MR) is 128 cm³/mol. The van der Waals surface area contributed by atoms with Crippen molar-refractivity contribution in [3.8, 4) is 0 Å². The van der Waals surface area contributed by atoms with Gasteiger partial charge < -0.3 is 15.3 Å². The van der Waals surface area contributed by atoms with Crippen LogP contribution < -0.4 is 10.7 Å². The van der Waals surface area contributed by atoms with Crippen molar-refractivity contribution >= 4 is 38.6 Å². The Balaban J connectivity index is 1.30. The molecule has 2 aromatic heterocycles. The second-order valence-electron chi connectivity index (χ2n) is 8.80. The van der Waals surface area contributed by atoms with E-state index in [4.69, 9.17) is 0 Å². The second kappa shape index (κ2) is 7.09. The van der Waals surface area contributed by atoms with Gasteiger partial charge in [0.25, 0.3) is 5.91 Å². The molecule has 0 radical (unpaired) electrons. The number of fused-ring (bicyclic) bond motifs is 5. The van der Waals surface area contributed by atoms with Crippen LogP contribution in [0.5, 0.6) is 0 Å². The third-order valence-corrected chi connectivity index (χ3v) is 6.65. The van der Waals surface area contributed by atoms with Gasteiger partial charge in [0.15, 0.2) is 5.43 Å². The standard InChI is InChI=1S/C27H23N3O2/c1-15-6-9-23-19(12-15)20-14-17(8-11-24(20)30-23)28-27(32)16-7-10-25-21(13-16)26(31)18-4-2-3-5-22(18)29-25/h2-7,9-10,12-13,17,30H,8,11,14H2,1H3,(H,28,32)(H,29,31). The molecule has 3 N–H and O–H groups in total. The summed E-state index contributed by atoms with van der Waals surface area (Å²) in [5.74, 6) is -0.135. The number of hydrogen-bond donors (Lipinski definition) is 3. The Bertz CT molecular complexity index is 1590. The van der Waals surface area contributed by atoms with Gasteiger partial charge in [-0.15, -0.1) is 0 Å². The first-order valence-corrected chi connectivity index (χ1v) is 11.0. The molecule has 5 heteroatoms. The number of rotatable bonds is 2. The summed E-state index contributed by atoms with van der Waals surface area (Å²) in [7, 11) is 0. The number of hydrogen-bond acceptors (Lipinski definition) is 2. The monoisotopic (exact) mass is 421 g/mol. The van der Waals surface area contributed by atoms with E-state index in [9.17, 15) is 9.59 Å². The van der Waals surface area contributed by atoms with Gasteiger partial charge in [-0.3, -0.25) is 9.59 Å². The van der Waals surface area contributed by atoms with Gasteiger partial charge in [-0.1, -0.05) is 23.8 Å². The van der Waals surface area contributed by atoms with Gasteiger partial charge in [0, 0.05) is 50.0 Å². The number of H-pyrrole nitrogens is 2. The number of benzene rings is 3. The van der Waals surface area contributed by atoms with Crippen molar-refractivity contribution in [2.45, 2.75) is 32.2 Å². The molecule has 1 aliphatic carbocycles. The maximum Gasteiger partial charge on any atom is 0.251 e. The van der Waals surface area contributed by atoms with Crippen molar-refractivity contribution in [2.75, 3.05) is 0 Å². The largest absolute Gasteiger partial charge is 0.358 e. The summed E-state index contributed by atoms with van der Waals surface area (Å²) < 4.78 is 0. The Morgan fingerprint density at radius 3 is 2.59 bits per heavy atom. The van der Waals surface area contributed by atoms with E-state index in [0.29, 0.717) is 16.3 Å². The fourth-order valence-electron chi connectivity index (χ4n) is 4.99. The van der Waals surface area contributed by atoms with Gasteiger partial charge in [-0.05, 0) is 74.2 Å². The van der Waals surface area contributed by atoms with Gasteiger partial charge in [-0.25, -0.2) is 0 Å². The first-order valence-electron chi connectivity index (χ1n) is 11.0. The molecule has 1 aliphatic rings. The molecule has 0 saturated carbocycles. The molecule has 1 amide bonds. The van der Waals surface area contributed by atoms with Crippen LogP contribution in [0.25, 0.3) is 32.7 Å². The molecule has 5 aromatic rings. The lowest BCUT2D eigenvalue weighted by molar-refractivity contribution is 0.0934. The van der Waals surface area contributed by atoms with Crippen LogP contribution in [-0.2, 0) is 12.8 Å². The summed E-state index contributed by atoms with van der Waals surface area (Å²) >= 11 is 0. The molecule has 0 fully saturated rings. The predicted octanol–water partition coefficient (Wildman–Crippen LogP) is 4.76. The number of pyridine rings is 1. The molecule has 0 saturated heterocycles. The van der Waals surface area contributed by atoms with E-state index in [1.807, 2.05) is 30.3 Å². The Kier molecular flexibility index (Phi) is 4.18. The average Bonchev–Trinajstić information content (AvgIpc) is 3.16. The summed E-state index contributed by atoms with van der Waals surface area (Å²) in [5, 5.41) is 5.62. The van der Waals surface area contributed by atoms with Crippen LogP contribution in [0.1, 0.15) is 33.6 Å². The molecular weight excluding hydrogens is 398 g/mol. The van der Waals surface area contributed by atoms with Crippen molar-refractivity contribution in [3.63, 3.8) is 0 Å². The number of para-hydroxylation sites is 1. The fraction of sp³-hybridized carbons (Fsp3) is 0.185. The normalized spacial score (nSPS) is 15.8. The van der Waals surface area contributed by atoms with Crippen molar-refractivity contribution < 1.29 is 4.79 Å². The highest BCUT2D eigenvalue weighted by Gasteiger charge is 2.24. The third-order valence-electron chi connectivity index (χ3n) is 6.65. The van der Waals surface area contributed by atoms with Crippen molar-refractivity contribution in [2.24, 2.45) is 0 Å². The van der Waals surface area contributed by atoms with Crippen LogP contribution in [0.3, 0.4) is 0 Å². The Labute approximate surface area is 184 Å². The van der Waals surface area contributed by atoms with Crippen LogP contribution in [0.4, 0.5) is 0 Å². The van der Waals surface area contributed by atoms with E-state index in [-0.39, 0.29) is 17.4 Å². The van der Waals surface area contributed by atoms with Gasteiger partial charge >= 0.3 is 0 Å². The van der Waals surface area contributed by atoms with E-state index < -0.39 is 0 Å². The van der Waals surface area contributed by atoms with Crippen LogP contribution in [0.2, 0.25) is 0 Å². The molecule has 0 spiro atoms. The quantitative estimate of drug-likeness (QED) is 0.360. The summed E-state index contributed by atoms with van der Waals surface area (Å²) in [6.45, 7) is 2.10. The third kappa shape index (κ3) is 3.01. The molecular formula is C27H23N3O2. The number of aromatic nitrogens is 2. The SMILES string of the molecule is Cc1ccc2[nH]c3c(c2c1)CC(NC(=O)c1ccc2[nH]c4ccccc4c(=O)c2c1)CC3. The van der Waals surface area contributed by atoms with Crippen molar-refractivity contribution in [1.29, 1.82) is 0 Å². The second-order valence-corrected chi connectivity index (χ2v) is 8.80. The molecule has 32 heavy (non-hydrogen) atoms. The number of nitrogens with one attached hydrogen (secondary N) is 3. The zero-order valence-electron chi connectivity index (χ0n) is 17.8. The average molecular weight is 422 g/mol. The zero-order chi connectivity index (χ0) is 21.8. The van der Waals surface area contributed by atoms with Gasteiger partial charge in [0.05, 0.1) is 0 Å². The molecule has 2 heterocycles. The van der Waals surface area contributed by atoms with Gasteiger partial charge in [0.2, 0.25) is 0 Å². The lowest BCUT2D eigenvalue weighted by Crippen LogP contribution is -2.38. The van der Waals surface area contributed by atoms with Crippen molar-refractivity contribution in [1.82, 2.24) is 15.3 Å². The number of carbonyl (C=O) groups is 1. The van der Waals surface area contributed by atoms with E-state index >= 15 is 0 Å². The van der Waals surface area contributed by atoms with Crippen LogP contribution in [-0.4, -0.2) is 21.9 Å². The van der Waals surface area contributed by atoms with E-state index in [0.717, 1.165) is 35.8 Å². The molecule has 0 bridgehead atoms. The van der Waals surface area contributed by atoms with Crippen LogP contribution >= 0.6 is 0 Å². The Morgan fingerprint density at radius 1 is 0.906 bits per heavy atom. The van der Waals surface area contributed by atoms with E-state index in [1.54, 1.807) is 12.1 Å². The zero-order valence-corrected chi connectivity index (χ0v) is 17.8. The van der Waals surface area contributed by atoms with Crippen LogP contribution in [0.15, 0.2) is 65.5 Å². The summed E-state index contributed by atoms with van der Waals surface area (Å²) in [4.78, 5) is 32.9. The lowest BCUT2D eigenvalue weighted by atomic mass is 9.91. The number of aryl methyl sites for hydroxylation is 2. The summed E-state index contributed by atoms with van der Waals surface area (Å²) in [5.41, 5.74) is 6.98. The minimum Gasteiger partial charge on any atom is -0.358 e. The molecule has 3 aromatic carbocycles. The first kappa shape index (κ1) is 18.9. The summed E-state index contributed by atoms with van der Waals surface area (Å²) in [6, 6.07) is 19.3. The fourth-order valence-corrected chi connectivity index (χ4v) is 4.99. The Morgan fingerprint density at radius 2 is 1.69 bits per heavy atom. The number of aromatic amines is 2. The highest BCUT2D eigenvalue weighted by Crippen LogP contribution is 2.30.